The summed E-state index contributed by atoms with van der Waals surface area (Å²) in [6.45, 7) is 8.21. The van der Waals surface area contributed by atoms with Crippen molar-refractivity contribution in [3.05, 3.63) is 35.9 Å². The predicted molar refractivity (Wildman–Crippen MR) is 91.2 cm³/mol. The van der Waals surface area contributed by atoms with Crippen LogP contribution in [0.1, 0.15) is 26.3 Å². The van der Waals surface area contributed by atoms with E-state index in [1.54, 1.807) is 0 Å². The first-order valence-corrected chi connectivity index (χ1v) is 7.92. The Hall–Kier alpha value is -1.63. The highest BCUT2D eigenvalue weighted by atomic mass is 16.6. The van der Waals surface area contributed by atoms with E-state index in [9.17, 15) is 4.79 Å². The summed E-state index contributed by atoms with van der Waals surface area (Å²) < 4.78 is 11.0. The van der Waals surface area contributed by atoms with Gasteiger partial charge in [0, 0.05) is 19.6 Å². The third-order valence-electron chi connectivity index (χ3n) is 2.86. The van der Waals surface area contributed by atoms with Crippen LogP contribution < -0.4 is 16.4 Å². The monoisotopic (exact) mass is 323 g/mol. The molecule has 0 heterocycles. The van der Waals surface area contributed by atoms with Gasteiger partial charge in [-0.25, -0.2) is 4.79 Å². The van der Waals surface area contributed by atoms with E-state index >= 15 is 0 Å². The maximum atomic E-state index is 11.9. The first-order valence-electron chi connectivity index (χ1n) is 7.92. The molecule has 0 spiro atoms. The molecule has 23 heavy (non-hydrogen) atoms. The summed E-state index contributed by atoms with van der Waals surface area (Å²) in [7, 11) is 0. The van der Waals surface area contributed by atoms with Crippen LogP contribution in [0.3, 0.4) is 0 Å². The van der Waals surface area contributed by atoms with Gasteiger partial charge in [0.25, 0.3) is 0 Å². The molecule has 0 radical (unpaired) electrons. The Morgan fingerprint density at radius 1 is 1.26 bits per heavy atom. The molecule has 0 fully saturated rings. The summed E-state index contributed by atoms with van der Waals surface area (Å²) >= 11 is 0. The molecule has 0 aliphatic heterocycles. The second-order valence-corrected chi connectivity index (χ2v) is 6.34. The third kappa shape index (κ3) is 9.89. The summed E-state index contributed by atoms with van der Waals surface area (Å²) in [5.74, 6) is 0. The standard InChI is InChI=1S/C17H29N3O3/c1-17(2,3)23-16(21)20-15(11-19-10-9-18)13-22-12-14-7-5-4-6-8-14/h4-8,15,19H,9-13,18H2,1-3H3,(H,20,21). The van der Waals surface area contributed by atoms with Gasteiger partial charge in [0.1, 0.15) is 5.60 Å². The number of carbonyl (C=O) groups is 1. The van der Waals surface area contributed by atoms with Crippen molar-refractivity contribution in [2.45, 2.75) is 39.0 Å². The molecule has 0 saturated heterocycles. The molecule has 1 aromatic carbocycles. The van der Waals surface area contributed by atoms with E-state index in [2.05, 4.69) is 10.6 Å². The molecular weight excluding hydrogens is 294 g/mol. The van der Waals surface area contributed by atoms with Crippen molar-refractivity contribution in [3.63, 3.8) is 0 Å². The van der Waals surface area contributed by atoms with Crippen molar-refractivity contribution < 1.29 is 14.3 Å². The third-order valence-corrected chi connectivity index (χ3v) is 2.86. The van der Waals surface area contributed by atoms with Crippen LogP contribution in [0.5, 0.6) is 0 Å². The topological polar surface area (TPSA) is 85.6 Å². The first kappa shape index (κ1) is 19.4. The minimum absolute atomic E-state index is 0.180. The van der Waals surface area contributed by atoms with Crippen LogP contribution in [0.4, 0.5) is 4.79 Å². The zero-order chi connectivity index (χ0) is 17.1. The Kier molecular flexibility index (Phi) is 8.61. The molecule has 1 atom stereocenters. The van der Waals surface area contributed by atoms with Crippen LogP contribution in [0.15, 0.2) is 30.3 Å². The zero-order valence-corrected chi connectivity index (χ0v) is 14.3. The van der Waals surface area contributed by atoms with Crippen LogP contribution in [0, 0.1) is 0 Å². The van der Waals surface area contributed by atoms with Crippen molar-refractivity contribution >= 4 is 6.09 Å². The SMILES string of the molecule is CC(C)(C)OC(=O)NC(CNCCN)COCc1ccccc1. The molecule has 6 heteroatoms. The smallest absolute Gasteiger partial charge is 0.407 e. The Morgan fingerprint density at radius 2 is 1.96 bits per heavy atom. The highest BCUT2D eigenvalue weighted by molar-refractivity contribution is 5.68. The lowest BCUT2D eigenvalue weighted by molar-refractivity contribution is 0.0429. The van der Waals surface area contributed by atoms with Gasteiger partial charge in [0.15, 0.2) is 0 Å². The maximum Gasteiger partial charge on any atom is 0.407 e. The molecule has 1 aromatic rings. The van der Waals surface area contributed by atoms with E-state index in [0.29, 0.717) is 32.8 Å². The largest absolute Gasteiger partial charge is 0.444 e. The number of nitrogens with one attached hydrogen (secondary N) is 2. The van der Waals surface area contributed by atoms with E-state index in [4.69, 9.17) is 15.2 Å². The number of hydrogen-bond acceptors (Lipinski definition) is 5. The van der Waals surface area contributed by atoms with Crippen LogP contribution in [0.25, 0.3) is 0 Å². The van der Waals surface area contributed by atoms with Gasteiger partial charge in [-0.05, 0) is 26.3 Å². The lowest BCUT2D eigenvalue weighted by Crippen LogP contribution is -2.47. The fourth-order valence-corrected chi connectivity index (χ4v) is 1.90. The molecule has 0 aromatic heterocycles. The molecule has 0 saturated carbocycles. The average Bonchev–Trinajstić information content (AvgIpc) is 2.46. The second kappa shape index (κ2) is 10.2. The average molecular weight is 323 g/mol. The molecular formula is C17H29N3O3. The summed E-state index contributed by atoms with van der Waals surface area (Å²) in [6, 6.07) is 9.73. The number of hydrogen-bond donors (Lipinski definition) is 3. The van der Waals surface area contributed by atoms with E-state index in [1.165, 1.54) is 0 Å². The quantitative estimate of drug-likeness (QED) is 0.602. The highest BCUT2D eigenvalue weighted by Crippen LogP contribution is 2.07. The highest BCUT2D eigenvalue weighted by Gasteiger charge is 2.19. The van der Waals surface area contributed by atoms with Crippen molar-refractivity contribution in [2.75, 3.05) is 26.2 Å². The Balaban J connectivity index is 2.42. The Morgan fingerprint density at radius 3 is 2.57 bits per heavy atom. The normalized spacial score (nSPS) is 12.7. The summed E-state index contributed by atoms with van der Waals surface area (Å²) in [5.41, 5.74) is 6.04. The summed E-state index contributed by atoms with van der Waals surface area (Å²) in [5, 5.41) is 6.01. The zero-order valence-electron chi connectivity index (χ0n) is 14.3. The van der Waals surface area contributed by atoms with Gasteiger partial charge >= 0.3 is 6.09 Å². The van der Waals surface area contributed by atoms with Gasteiger partial charge in [0.05, 0.1) is 19.3 Å². The predicted octanol–water partition coefficient (Wildman–Crippen LogP) is 1.64. The first-order chi connectivity index (χ1) is 10.9. The van der Waals surface area contributed by atoms with E-state index < -0.39 is 11.7 Å². The van der Waals surface area contributed by atoms with Gasteiger partial charge in [0.2, 0.25) is 0 Å². The van der Waals surface area contributed by atoms with Gasteiger partial charge in [-0.15, -0.1) is 0 Å². The number of amides is 1. The second-order valence-electron chi connectivity index (χ2n) is 6.34. The lowest BCUT2D eigenvalue weighted by Gasteiger charge is -2.24. The molecule has 0 bridgehead atoms. The number of alkyl carbamates (subject to hydrolysis) is 1. The van der Waals surface area contributed by atoms with Gasteiger partial charge < -0.3 is 25.8 Å². The van der Waals surface area contributed by atoms with Gasteiger partial charge in [-0.1, -0.05) is 30.3 Å². The number of nitrogens with two attached hydrogens (primary N) is 1. The maximum absolute atomic E-state index is 11.9. The van der Waals surface area contributed by atoms with Crippen LogP contribution >= 0.6 is 0 Å². The van der Waals surface area contributed by atoms with Crippen molar-refractivity contribution in [1.82, 2.24) is 10.6 Å². The van der Waals surface area contributed by atoms with Gasteiger partial charge in [-0.2, -0.15) is 0 Å². The summed E-state index contributed by atoms with van der Waals surface area (Å²) in [4.78, 5) is 11.9. The van der Waals surface area contributed by atoms with Gasteiger partial charge in [-0.3, -0.25) is 0 Å². The number of carbonyl (C=O) groups excluding carboxylic acids is 1. The minimum atomic E-state index is -0.524. The molecule has 6 nitrogen and oxygen atoms in total. The molecule has 1 amide bonds. The molecule has 1 rings (SSSR count). The molecule has 130 valence electrons. The van der Waals surface area contributed by atoms with Crippen LogP contribution in [0.2, 0.25) is 0 Å². The Bertz CT molecular complexity index is 446. The molecule has 0 aliphatic rings. The number of benzene rings is 1. The van der Waals surface area contributed by atoms with E-state index in [-0.39, 0.29) is 6.04 Å². The fourth-order valence-electron chi connectivity index (χ4n) is 1.90. The van der Waals surface area contributed by atoms with E-state index in [1.807, 2.05) is 51.1 Å². The van der Waals surface area contributed by atoms with Crippen LogP contribution in [-0.4, -0.2) is 44.0 Å². The Labute approximate surface area is 138 Å². The molecule has 4 N–H and O–H groups in total. The molecule has 1 unspecified atom stereocenters. The lowest BCUT2D eigenvalue weighted by atomic mass is 10.2. The van der Waals surface area contributed by atoms with Crippen molar-refractivity contribution in [1.29, 1.82) is 0 Å². The number of rotatable bonds is 9. The summed E-state index contributed by atoms with van der Waals surface area (Å²) in [6.07, 6.45) is -0.444. The van der Waals surface area contributed by atoms with E-state index in [0.717, 1.165) is 5.56 Å². The molecule has 0 aliphatic carbocycles. The van der Waals surface area contributed by atoms with Crippen molar-refractivity contribution in [2.24, 2.45) is 5.73 Å². The van der Waals surface area contributed by atoms with Crippen LogP contribution in [-0.2, 0) is 16.1 Å². The fraction of sp³-hybridized carbons (Fsp3) is 0.588. The minimum Gasteiger partial charge on any atom is -0.444 e. The number of ether oxygens (including phenoxy) is 2. The van der Waals surface area contributed by atoms with Crippen molar-refractivity contribution in [3.8, 4) is 0 Å².